The highest BCUT2D eigenvalue weighted by atomic mass is 127. The predicted octanol–water partition coefficient (Wildman–Crippen LogP) is 4.31. The lowest BCUT2D eigenvalue weighted by Crippen LogP contribution is -2.01. The molecule has 0 radical (unpaired) electrons. The molecule has 2 rings (SSSR count). The molecular formula is C11H10BrIN2S. The zero-order valence-corrected chi connectivity index (χ0v) is 12.9. The van der Waals surface area contributed by atoms with E-state index in [1.807, 2.05) is 18.2 Å². The van der Waals surface area contributed by atoms with E-state index in [9.17, 15) is 0 Å². The molecule has 0 amide bonds. The molecule has 0 aliphatic rings. The first kappa shape index (κ1) is 12.2. The quantitative estimate of drug-likeness (QED) is 0.586. The van der Waals surface area contributed by atoms with Crippen LogP contribution < -0.4 is 11.1 Å². The summed E-state index contributed by atoms with van der Waals surface area (Å²) in [5.74, 6) is 0. The molecule has 0 spiro atoms. The molecule has 1 aromatic carbocycles. The number of nitrogens with one attached hydrogen (secondary N) is 1. The third-order valence-corrected chi connectivity index (χ3v) is 4.46. The number of benzene rings is 1. The van der Waals surface area contributed by atoms with E-state index in [4.69, 9.17) is 5.73 Å². The number of rotatable bonds is 3. The summed E-state index contributed by atoms with van der Waals surface area (Å²) < 4.78 is 2.28. The van der Waals surface area contributed by atoms with Crippen LogP contribution in [0.5, 0.6) is 0 Å². The van der Waals surface area contributed by atoms with Gasteiger partial charge in [-0.3, -0.25) is 0 Å². The number of thiophene rings is 1. The van der Waals surface area contributed by atoms with Crippen molar-refractivity contribution >= 4 is 61.2 Å². The van der Waals surface area contributed by atoms with E-state index in [1.54, 1.807) is 11.3 Å². The molecule has 2 aromatic rings. The Morgan fingerprint density at radius 2 is 2.19 bits per heavy atom. The van der Waals surface area contributed by atoms with Gasteiger partial charge in [0.05, 0.1) is 11.4 Å². The molecule has 84 valence electrons. The Morgan fingerprint density at radius 1 is 1.38 bits per heavy atom. The average molecular weight is 409 g/mol. The molecule has 3 N–H and O–H groups in total. The maximum Gasteiger partial charge on any atom is 0.0577 e. The first-order valence-corrected chi connectivity index (χ1v) is 7.42. The summed E-state index contributed by atoms with van der Waals surface area (Å²) in [6, 6.07) is 8.14. The highest BCUT2D eigenvalue weighted by Crippen LogP contribution is 2.24. The van der Waals surface area contributed by atoms with Crippen molar-refractivity contribution in [2.24, 2.45) is 0 Å². The SMILES string of the molecule is Nc1cc(I)ccc1NCc1cc(Br)cs1. The first-order chi connectivity index (χ1) is 7.65. The smallest absolute Gasteiger partial charge is 0.0577 e. The van der Waals surface area contributed by atoms with Crippen molar-refractivity contribution in [3.63, 3.8) is 0 Å². The van der Waals surface area contributed by atoms with E-state index in [2.05, 4.69) is 55.3 Å². The maximum absolute atomic E-state index is 5.92. The van der Waals surface area contributed by atoms with E-state index in [1.165, 1.54) is 4.88 Å². The summed E-state index contributed by atoms with van der Waals surface area (Å²) in [4.78, 5) is 1.28. The highest BCUT2D eigenvalue weighted by molar-refractivity contribution is 14.1. The number of nitrogen functional groups attached to an aromatic ring is 1. The van der Waals surface area contributed by atoms with Crippen LogP contribution in [0.15, 0.2) is 34.1 Å². The van der Waals surface area contributed by atoms with Gasteiger partial charge in [0.2, 0.25) is 0 Å². The zero-order valence-electron chi connectivity index (χ0n) is 8.34. The van der Waals surface area contributed by atoms with Gasteiger partial charge < -0.3 is 11.1 Å². The van der Waals surface area contributed by atoms with Gasteiger partial charge in [0.1, 0.15) is 0 Å². The Kier molecular flexibility index (Phi) is 4.10. The molecule has 0 aliphatic carbocycles. The second kappa shape index (κ2) is 5.37. The fourth-order valence-electron chi connectivity index (χ4n) is 1.32. The van der Waals surface area contributed by atoms with E-state index < -0.39 is 0 Å². The molecule has 0 aliphatic heterocycles. The third-order valence-electron chi connectivity index (χ3n) is 2.09. The van der Waals surface area contributed by atoms with Crippen molar-refractivity contribution in [2.75, 3.05) is 11.1 Å². The minimum absolute atomic E-state index is 0.794. The minimum atomic E-state index is 0.794. The number of halogens is 2. The van der Waals surface area contributed by atoms with Gasteiger partial charge in [-0.15, -0.1) is 11.3 Å². The predicted molar refractivity (Wildman–Crippen MR) is 82.9 cm³/mol. The van der Waals surface area contributed by atoms with Gasteiger partial charge in [-0.1, -0.05) is 0 Å². The Hall–Kier alpha value is -0.270. The van der Waals surface area contributed by atoms with Crippen molar-refractivity contribution in [3.05, 3.63) is 42.6 Å². The number of nitrogens with two attached hydrogens (primary N) is 1. The normalized spacial score (nSPS) is 10.4. The topological polar surface area (TPSA) is 38.0 Å². The van der Waals surface area contributed by atoms with Crippen LogP contribution in [-0.4, -0.2) is 0 Å². The van der Waals surface area contributed by atoms with E-state index in [0.29, 0.717) is 0 Å². The van der Waals surface area contributed by atoms with Crippen LogP contribution >= 0.6 is 49.9 Å². The van der Waals surface area contributed by atoms with Crippen LogP contribution in [0.1, 0.15) is 4.88 Å². The van der Waals surface area contributed by atoms with Crippen molar-refractivity contribution in [1.29, 1.82) is 0 Å². The Balaban J connectivity index is 2.04. The molecule has 1 heterocycles. The lowest BCUT2D eigenvalue weighted by molar-refractivity contribution is 1.19. The number of hydrogen-bond donors (Lipinski definition) is 2. The lowest BCUT2D eigenvalue weighted by Gasteiger charge is -2.08. The van der Waals surface area contributed by atoms with Crippen LogP contribution in [0, 0.1) is 3.57 Å². The van der Waals surface area contributed by atoms with E-state index in [0.717, 1.165) is 26.0 Å². The molecule has 0 atom stereocenters. The summed E-state index contributed by atoms with van der Waals surface area (Å²) in [6.45, 7) is 0.807. The van der Waals surface area contributed by atoms with E-state index in [-0.39, 0.29) is 0 Å². The second-order valence-electron chi connectivity index (χ2n) is 3.32. The molecule has 0 bridgehead atoms. The van der Waals surface area contributed by atoms with Gasteiger partial charge in [0.25, 0.3) is 0 Å². The summed E-state index contributed by atoms with van der Waals surface area (Å²) in [5, 5.41) is 5.41. The molecule has 0 fully saturated rings. The maximum atomic E-state index is 5.92. The largest absolute Gasteiger partial charge is 0.397 e. The lowest BCUT2D eigenvalue weighted by atomic mass is 10.2. The monoisotopic (exact) mass is 408 g/mol. The first-order valence-electron chi connectivity index (χ1n) is 4.67. The Morgan fingerprint density at radius 3 is 2.81 bits per heavy atom. The zero-order chi connectivity index (χ0) is 11.5. The third kappa shape index (κ3) is 3.11. The van der Waals surface area contributed by atoms with Crippen molar-refractivity contribution < 1.29 is 0 Å². The summed E-state index contributed by atoms with van der Waals surface area (Å²) in [5.41, 5.74) is 7.70. The average Bonchev–Trinajstić information content (AvgIpc) is 2.63. The molecule has 0 saturated carbocycles. The Labute approximate surface area is 121 Å². The van der Waals surface area contributed by atoms with Crippen LogP contribution in [0.4, 0.5) is 11.4 Å². The molecule has 1 aromatic heterocycles. The van der Waals surface area contributed by atoms with Crippen LogP contribution in [0.25, 0.3) is 0 Å². The molecule has 5 heteroatoms. The molecule has 2 nitrogen and oxygen atoms in total. The molecule has 0 unspecified atom stereocenters. The second-order valence-corrected chi connectivity index (χ2v) is 6.47. The van der Waals surface area contributed by atoms with Crippen molar-refractivity contribution in [1.82, 2.24) is 0 Å². The van der Waals surface area contributed by atoms with Crippen LogP contribution in [0.3, 0.4) is 0 Å². The van der Waals surface area contributed by atoms with Crippen molar-refractivity contribution in [3.8, 4) is 0 Å². The van der Waals surface area contributed by atoms with Gasteiger partial charge in [-0.2, -0.15) is 0 Å². The van der Waals surface area contributed by atoms with E-state index >= 15 is 0 Å². The number of anilines is 2. The minimum Gasteiger partial charge on any atom is -0.397 e. The summed E-state index contributed by atoms with van der Waals surface area (Å²) in [6.07, 6.45) is 0. The van der Waals surface area contributed by atoms with Crippen molar-refractivity contribution in [2.45, 2.75) is 6.54 Å². The molecule has 0 saturated heterocycles. The molecular weight excluding hydrogens is 399 g/mol. The highest BCUT2D eigenvalue weighted by Gasteiger charge is 2.01. The fourth-order valence-corrected chi connectivity index (χ4v) is 3.23. The molecule has 16 heavy (non-hydrogen) atoms. The van der Waals surface area contributed by atoms with Gasteiger partial charge in [0, 0.05) is 24.8 Å². The van der Waals surface area contributed by atoms with Gasteiger partial charge in [-0.25, -0.2) is 0 Å². The standard InChI is InChI=1S/C11H10BrIN2S/c12-7-3-9(16-6-7)5-15-11-2-1-8(13)4-10(11)14/h1-4,6,15H,5,14H2. The Bertz CT molecular complexity index is 498. The van der Waals surface area contributed by atoms with Crippen LogP contribution in [-0.2, 0) is 6.54 Å². The van der Waals surface area contributed by atoms with Gasteiger partial charge in [-0.05, 0) is 62.8 Å². The fraction of sp³-hybridized carbons (Fsp3) is 0.0909. The number of hydrogen-bond acceptors (Lipinski definition) is 3. The van der Waals surface area contributed by atoms with Crippen LogP contribution in [0.2, 0.25) is 0 Å². The summed E-state index contributed by atoms with van der Waals surface area (Å²) in [7, 11) is 0. The van der Waals surface area contributed by atoms with Gasteiger partial charge in [0.15, 0.2) is 0 Å². The van der Waals surface area contributed by atoms with Gasteiger partial charge >= 0.3 is 0 Å². The summed E-state index contributed by atoms with van der Waals surface area (Å²) >= 11 is 7.42.